The molecule has 6 heteroatoms. The van der Waals surface area contributed by atoms with Crippen LogP contribution in [0.1, 0.15) is 53.6 Å². The molecule has 1 N–H and O–H groups in total. The number of anilines is 1. The van der Waals surface area contributed by atoms with E-state index >= 15 is 0 Å². The first kappa shape index (κ1) is 15.3. The number of rotatable bonds is 4. The van der Waals surface area contributed by atoms with Gasteiger partial charge in [0.1, 0.15) is 0 Å². The van der Waals surface area contributed by atoms with Gasteiger partial charge in [-0.2, -0.15) is 5.10 Å². The molecule has 0 unspecified atom stereocenters. The third-order valence-electron chi connectivity index (χ3n) is 3.19. The summed E-state index contributed by atoms with van der Waals surface area (Å²) >= 11 is 0. The second-order valence-corrected chi connectivity index (χ2v) is 5.95. The van der Waals surface area contributed by atoms with Crippen LogP contribution in [0.25, 0.3) is 11.2 Å². The van der Waals surface area contributed by atoms with E-state index in [2.05, 4.69) is 15.5 Å². The second kappa shape index (κ2) is 5.71. The molecule has 0 spiro atoms. The predicted molar refractivity (Wildman–Crippen MR) is 87.2 cm³/mol. The Balaban J connectivity index is 2.68. The van der Waals surface area contributed by atoms with Gasteiger partial charge in [0.25, 0.3) is 0 Å². The van der Waals surface area contributed by atoms with Crippen LogP contribution in [0.3, 0.4) is 0 Å². The molecule has 2 heterocycles. The number of imidazole rings is 1. The molecule has 0 saturated heterocycles. The number of hydrazone groups is 1. The average molecular weight is 289 g/mol. The number of hydrogen-bond acceptors (Lipinski definition) is 4. The Kier molecular flexibility index (Phi) is 4.16. The van der Waals surface area contributed by atoms with Gasteiger partial charge in [-0.15, -0.1) is 0 Å². The predicted octanol–water partition coefficient (Wildman–Crippen LogP) is 3.17. The minimum Gasteiger partial charge on any atom is -0.288 e. The van der Waals surface area contributed by atoms with Gasteiger partial charge in [0.15, 0.2) is 5.65 Å². The van der Waals surface area contributed by atoms with E-state index in [9.17, 15) is 4.79 Å². The van der Waals surface area contributed by atoms with Gasteiger partial charge in [-0.1, -0.05) is 0 Å². The summed E-state index contributed by atoms with van der Waals surface area (Å²) in [7, 11) is 0. The van der Waals surface area contributed by atoms with Crippen molar-refractivity contribution in [3.05, 3.63) is 22.7 Å². The first-order valence-electron chi connectivity index (χ1n) is 7.22. The Labute approximate surface area is 124 Å². The van der Waals surface area contributed by atoms with E-state index in [4.69, 9.17) is 0 Å². The molecule has 0 aliphatic heterocycles. The van der Waals surface area contributed by atoms with Gasteiger partial charge in [-0.3, -0.25) is 14.6 Å². The minimum absolute atomic E-state index is 0.0187. The Morgan fingerprint density at radius 1 is 1.19 bits per heavy atom. The monoisotopic (exact) mass is 289 g/mol. The summed E-state index contributed by atoms with van der Waals surface area (Å²) in [6, 6.07) is 2.07. The van der Waals surface area contributed by atoms with Crippen LogP contribution in [0, 0.1) is 0 Å². The van der Waals surface area contributed by atoms with E-state index in [0.29, 0.717) is 5.65 Å². The summed E-state index contributed by atoms with van der Waals surface area (Å²) in [6.45, 7) is 11.8. The SMILES string of the molecule is CC(C)=NNc1cnc2c(c1)n(C(C)C)c(=O)n2C(C)C. The lowest BCUT2D eigenvalue weighted by molar-refractivity contribution is 0.532. The van der Waals surface area contributed by atoms with Crippen molar-refractivity contribution in [2.24, 2.45) is 5.10 Å². The van der Waals surface area contributed by atoms with Crippen LogP contribution in [0.5, 0.6) is 0 Å². The number of pyridine rings is 1. The largest absolute Gasteiger partial charge is 0.330 e. The number of fused-ring (bicyclic) bond motifs is 1. The Bertz CT molecular complexity index is 732. The first-order chi connectivity index (χ1) is 9.82. The van der Waals surface area contributed by atoms with Crippen LogP contribution < -0.4 is 11.1 Å². The molecular formula is C15H23N5O. The molecule has 0 aliphatic rings. The number of nitrogens with zero attached hydrogens (tertiary/aromatic N) is 4. The maximum absolute atomic E-state index is 12.6. The Morgan fingerprint density at radius 2 is 1.81 bits per heavy atom. The zero-order valence-corrected chi connectivity index (χ0v) is 13.5. The van der Waals surface area contributed by atoms with Crippen LogP contribution in [0.2, 0.25) is 0 Å². The topological polar surface area (TPSA) is 64.2 Å². The third kappa shape index (κ3) is 2.84. The highest BCUT2D eigenvalue weighted by Crippen LogP contribution is 2.21. The van der Waals surface area contributed by atoms with E-state index in [1.165, 1.54) is 0 Å². The molecule has 0 saturated carbocycles. The molecule has 0 aliphatic carbocycles. The van der Waals surface area contributed by atoms with Crippen molar-refractivity contribution in [3.63, 3.8) is 0 Å². The smallest absolute Gasteiger partial charge is 0.288 e. The van der Waals surface area contributed by atoms with Crippen molar-refractivity contribution in [1.29, 1.82) is 0 Å². The lowest BCUT2D eigenvalue weighted by Gasteiger charge is -2.07. The zero-order valence-electron chi connectivity index (χ0n) is 13.5. The lowest BCUT2D eigenvalue weighted by atomic mass is 10.3. The summed E-state index contributed by atoms with van der Waals surface area (Å²) < 4.78 is 3.50. The standard InChI is InChI=1S/C15H23N5O/c1-9(2)17-18-12-7-13-14(16-8-12)20(11(5)6)15(21)19(13)10(3)4/h7-8,10-11,18H,1-6H3. The summed E-state index contributed by atoms with van der Waals surface area (Å²) in [5, 5.41) is 4.17. The maximum Gasteiger partial charge on any atom is 0.330 e. The molecule has 2 rings (SSSR count). The van der Waals surface area contributed by atoms with E-state index in [0.717, 1.165) is 16.9 Å². The summed E-state index contributed by atoms with van der Waals surface area (Å²) in [5.74, 6) is 0. The fourth-order valence-electron chi connectivity index (χ4n) is 2.32. The van der Waals surface area contributed by atoms with Crippen molar-refractivity contribution >= 4 is 22.6 Å². The fourth-order valence-corrected chi connectivity index (χ4v) is 2.32. The molecule has 0 bridgehead atoms. The van der Waals surface area contributed by atoms with Gasteiger partial charge in [-0.25, -0.2) is 9.78 Å². The highest BCUT2D eigenvalue weighted by molar-refractivity contribution is 5.80. The molecule has 2 aromatic heterocycles. The fraction of sp³-hybridized carbons (Fsp3) is 0.533. The lowest BCUT2D eigenvalue weighted by Crippen LogP contribution is -2.26. The quantitative estimate of drug-likeness (QED) is 0.694. The van der Waals surface area contributed by atoms with Crippen molar-refractivity contribution in [3.8, 4) is 0 Å². The van der Waals surface area contributed by atoms with E-state index < -0.39 is 0 Å². The summed E-state index contributed by atoms with van der Waals surface area (Å²) in [6.07, 6.45) is 1.71. The van der Waals surface area contributed by atoms with Crippen LogP contribution >= 0.6 is 0 Å². The highest BCUT2D eigenvalue weighted by atomic mass is 16.2. The third-order valence-corrected chi connectivity index (χ3v) is 3.19. The molecule has 2 aromatic rings. The molecule has 0 aromatic carbocycles. The zero-order chi connectivity index (χ0) is 15.7. The Morgan fingerprint density at radius 3 is 2.33 bits per heavy atom. The van der Waals surface area contributed by atoms with Crippen LogP contribution in [-0.4, -0.2) is 19.8 Å². The minimum atomic E-state index is -0.0187. The van der Waals surface area contributed by atoms with Gasteiger partial charge in [0, 0.05) is 17.8 Å². The number of nitrogens with one attached hydrogen (secondary N) is 1. The first-order valence-corrected chi connectivity index (χ1v) is 7.22. The molecule has 6 nitrogen and oxygen atoms in total. The van der Waals surface area contributed by atoms with Gasteiger partial charge in [0.05, 0.1) is 17.4 Å². The molecule has 0 fully saturated rings. The van der Waals surface area contributed by atoms with Crippen molar-refractivity contribution in [2.75, 3.05) is 5.43 Å². The van der Waals surface area contributed by atoms with Crippen molar-refractivity contribution in [2.45, 2.75) is 53.6 Å². The molecular weight excluding hydrogens is 266 g/mol. The van der Waals surface area contributed by atoms with Gasteiger partial charge in [-0.05, 0) is 47.6 Å². The Hall–Kier alpha value is -2.11. The van der Waals surface area contributed by atoms with Crippen LogP contribution in [0.4, 0.5) is 5.69 Å². The van der Waals surface area contributed by atoms with Crippen LogP contribution in [-0.2, 0) is 0 Å². The van der Waals surface area contributed by atoms with Crippen molar-refractivity contribution < 1.29 is 0 Å². The van der Waals surface area contributed by atoms with E-state index in [1.54, 1.807) is 15.3 Å². The van der Waals surface area contributed by atoms with E-state index in [1.807, 2.05) is 47.6 Å². The second-order valence-electron chi connectivity index (χ2n) is 5.95. The summed E-state index contributed by atoms with van der Waals surface area (Å²) in [4.78, 5) is 17.0. The molecule has 21 heavy (non-hydrogen) atoms. The van der Waals surface area contributed by atoms with Gasteiger partial charge >= 0.3 is 5.69 Å². The highest BCUT2D eigenvalue weighted by Gasteiger charge is 2.18. The van der Waals surface area contributed by atoms with Gasteiger partial charge < -0.3 is 0 Å². The van der Waals surface area contributed by atoms with Crippen LogP contribution in [0.15, 0.2) is 22.2 Å². The van der Waals surface area contributed by atoms with E-state index in [-0.39, 0.29) is 17.8 Å². The number of hydrogen-bond donors (Lipinski definition) is 1. The summed E-state index contributed by atoms with van der Waals surface area (Å²) in [5.41, 5.74) is 6.19. The van der Waals surface area contributed by atoms with Gasteiger partial charge in [0.2, 0.25) is 0 Å². The normalized spacial score (nSPS) is 11.4. The molecule has 114 valence electrons. The molecule has 0 amide bonds. The average Bonchev–Trinajstić information content (AvgIpc) is 2.67. The molecule has 0 atom stereocenters. The maximum atomic E-state index is 12.6. The van der Waals surface area contributed by atoms with Crippen molar-refractivity contribution in [1.82, 2.24) is 14.1 Å². The number of aromatic nitrogens is 3. The molecule has 0 radical (unpaired) electrons.